The first-order valence-corrected chi connectivity index (χ1v) is 5.85. The summed E-state index contributed by atoms with van der Waals surface area (Å²) in [5.74, 6) is 0.377. The molecule has 1 rings (SSSR count). The predicted molar refractivity (Wildman–Crippen MR) is 49.4 cm³/mol. The lowest BCUT2D eigenvalue weighted by atomic mass is 10.2. The Morgan fingerprint density at radius 3 is 2.25 bits per heavy atom. The Bertz CT molecular complexity index is 252. The van der Waals surface area contributed by atoms with Gasteiger partial charge in [0.2, 0.25) is 10.0 Å². The highest BCUT2D eigenvalue weighted by molar-refractivity contribution is 7.91. The van der Waals surface area contributed by atoms with E-state index in [0.717, 1.165) is 12.8 Å². The van der Waals surface area contributed by atoms with Crippen LogP contribution in [-0.4, -0.2) is 19.7 Å². The van der Waals surface area contributed by atoms with Gasteiger partial charge in [0.25, 0.3) is 0 Å². The third-order valence-corrected chi connectivity index (χ3v) is 4.54. The van der Waals surface area contributed by atoms with Crippen molar-refractivity contribution in [2.75, 3.05) is 6.54 Å². The van der Waals surface area contributed by atoms with Crippen LogP contribution < -0.4 is 4.72 Å². The monoisotopic (exact) mass is 191 g/mol. The Morgan fingerprint density at radius 2 is 1.92 bits per heavy atom. The Kier molecular flexibility index (Phi) is 2.50. The molecule has 1 saturated carbocycles. The molecule has 0 aliphatic heterocycles. The molecule has 0 unspecified atom stereocenters. The van der Waals surface area contributed by atoms with E-state index in [0.29, 0.717) is 12.5 Å². The van der Waals surface area contributed by atoms with Crippen molar-refractivity contribution in [3.05, 3.63) is 0 Å². The largest absolute Gasteiger partial charge is 0.217 e. The molecule has 72 valence electrons. The molecule has 0 atom stereocenters. The zero-order chi connectivity index (χ0) is 9.41. The molecule has 0 heterocycles. The fourth-order valence-corrected chi connectivity index (χ4v) is 2.44. The molecule has 12 heavy (non-hydrogen) atoms. The van der Waals surface area contributed by atoms with Gasteiger partial charge in [0.05, 0.1) is 4.75 Å². The summed E-state index contributed by atoms with van der Waals surface area (Å²) in [7, 11) is -3.03. The van der Waals surface area contributed by atoms with Gasteiger partial charge in [0, 0.05) is 6.54 Å². The van der Waals surface area contributed by atoms with Crippen LogP contribution in [0.2, 0.25) is 0 Å². The summed E-state index contributed by atoms with van der Waals surface area (Å²) < 4.78 is 25.2. The van der Waals surface area contributed by atoms with E-state index in [9.17, 15) is 8.42 Å². The predicted octanol–water partition coefficient (Wildman–Crippen LogP) is 1.11. The van der Waals surface area contributed by atoms with E-state index < -0.39 is 14.8 Å². The smallest absolute Gasteiger partial charge is 0.215 e. The Hall–Kier alpha value is -0.0900. The van der Waals surface area contributed by atoms with Gasteiger partial charge in [-0.25, -0.2) is 13.1 Å². The zero-order valence-corrected chi connectivity index (χ0v) is 8.74. The quantitative estimate of drug-likeness (QED) is 0.723. The lowest BCUT2D eigenvalue weighted by Gasteiger charge is -2.13. The van der Waals surface area contributed by atoms with Gasteiger partial charge in [-0.2, -0.15) is 0 Å². The number of sulfonamides is 1. The average molecular weight is 191 g/mol. The molecular formula is C8H17NO2S. The van der Waals surface area contributed by atoms with Gasteiger partial charge in [-0.3, -0.25) is 0 Å². The highest BCUT2D eigenvalue weighted by Gasteiger charge is 2.49. The van der Waals surface area contributed by atoms with Crippen LogP contribution in [0.15, 0.2) is 0 Å². The molecule has 0 bridgehead atoms. The van der Waals surface area contributed by atoms with Crippen LogP contribution in [0.25, 0.3) is 0 Å². The molecule has 0 aromatic rings. The number of hydrogen-bond acceptors (Lipinski definition) is 2. The van der Waals surface area contributed by atoms with Gasteiger partial charge in [-0.15, -0.1) is 0 Å². The van der Waals surface area contributed by atoms with Gasteiger partial charge < -0.3 is 0 Å². The summed E-state index contributed by atoms with van der Waals surface area (Å²) in [6.07, 6.45) is 1.61. The Morgan fingerprint density at radius 1 is 1.42 bits per heavy atom. The maximum absolute atomic E-state index is 11.5. The lowest BCUT2D eigenvalue weighted by molar-refractivity contribution is 0.547. The maximum Gasteiger partial charge on any atom is 0.217 e. The molecule has 1 N–H and O–H groups in total. The number of nitrogens with one attached hydrogen (secondary N) is 1. The fraction of sp³-hybridized carbons (Fsp3) is 1.00. The molecule has 1 fully saturated rings. The second-order valence-electron chi connectivity index (χ2n) is 4.20. The molecule has 0 amide bonds. The van der Waals surface area contributed by atoms with Crippen molar-refractivity contribution >= 4 is 10.0 Å². The topological polar surface area (TPSA) is 46.2 Å². The highest BCUT2D eigenvalue weighted by Crippen LogP contribution is 2.42. The Labute approximate surface area is 74.6 Å². The molecule has 0 aromatic heterocycles. The van der Waals surface area contributed by atoms with Crippen molar-refractivity contribution in [2.45, 2.75) is 38.4 Å². The molecule has 0 radical (unpaired) electrons. The molecular weight excluding hydrogens is 174 g/mol. The average Bonchev–Trinajstić information content (AvgIpc) is 2.65. The Balaban J connectivity index is 2.51. The van der Waals surface area contributed by atoms with Gasteiger partial charge in [-0.1, -0.05) is 13.8 Å². The molecule has 1 aliphatic carbocycles. The van der Waals surface area contributed by atoms with Crippen LogP contribution in [-0.2, 0) is 10.0 Å². The fourth-order valence-electron chi connectivity index (χ4n) is 0.895. The second-order valence-corrected chi connectivity index (χ2v) is 6.48. The summed E-state index contributed by atoms with van der Waals surface area (Å²) in [5, 5.41) is 0. The lowest BCUT2D eigenvalue weighted by Crippen LogP contribution is -2.36. The van der Waals surface area contributed by atoms with E-state index in [1.54, 1.807) is 6.92 Å². The molecule has 3 nitrogen and oxygen atoms in total. The van der Waals surface area contributed by atoms with Gasteiger partial charge in [-0.05, 0) is 25.7 Å². The molecule has 1 aliphatic rings. The summed E-state index contributed by atoms with van der Waals surface area (Å²) in [4.78, 5) is 0. The summed E-state index contributed by atoms with van der Waals surface area (Å²) >= 11 is 0. The van der Waals surface area contributed by atoms with Crippen molar-refractivity contribution in [2.24, 2.45) is 5.92 Å². The van der Waals surface area contributed by atoms with Crippen LogP contribution in [0.4, 0.5) is 0 Å². The van der Waals surface area contributed by atoms with E-state index >= 15 is 0 Å². The van der Waals surface area contributed by atoms with E-state index in [4.69, 9.17) is 0 Å². The van der Waals surface area contributed by atoms with Crippen LogP contribution in [0.1, 0.15) is 33.6 Å². The second kappa shape index (κ2) is 3.00. The van der Waals surface area contributed by atoms with Gasteiger partial charge in [0.15, 0.2) is 0 Å². The number of rotatable bonds is 4. The molecule has 4 heteroatoms. The first-order chi connectivity index (χ1) is 5.37. The first kappa shape index (κ1) is 9.99. The minimum Gasteiger partial charge on any atom is -0.215 e. The van der Waals surface area contributed by atoms with Crippen molar-refractivity contribution in [1.29, 1.82) is 0 Å². The van der Waals surface area contributed by atoms with E-state index in [2.05, 4.69) is 4.72 Å². The van der Waals surface area contributed by atoms with Crippen LogP contribution in [0.3, 0.4) is 0 Å². The zero-order valence-electron chi connectivity index (χ0n) is 7.92. The van der Waals surface area contributed by atoms with Crippen LogP contribution >= 0.6 is 0 Å². The van der Waals surface area contributed by atoms with E-state index in [-0.39, 0.29) is 0 Å². The first-order valence-electron chi connectivity index (χ1n) is 4.37. The van der Waals surface area contributed by atoms with Gasteiger partial charge in [0.1, 0.15) is 0 Å². The van der Waals surface area contributed by atoms with Crippen molar-refractivity contribution < 1.29 is 8.42 Å². The summed E-state index contributed by atoms with van der Waals surface area (Å²) in [5.41, 5.74) is 0. The standard InChI is InChI=1S/C8H17NO2S/c1-7(2)6-9-12(10,11)8(3)4-5-8/h7,9H,4-6H2,1-3H3. The normalized spacial score (nSPS) is 21.3. The SMILES string of the molecule is CC(C)CNS(=O)(=O)C1(C)CC1. The molecule has 0 aromatic carbocycles. The van der Waals surface area contributed by atoms with Crippen molar-refractivity contribution in [1.82, 2.24) is 4.72 Å². The molecule has 0 spiro atoms. The van der Waals surface area contributed by atoms with Crippen molar-refractivity contribution in [3.63, 3.8) is 0 Å². The summed E-state index contributed by atoms with van der Waals surface area (Å²) in [6.45, 7) is 6.35. The van der Waals surface area contributed by atoms with Crippen molar-refractivity contribution in [3.8, 4) is 0 Å². The van der Waals surface area contributed by atoms with E-state index in [1.807, 2.05) is 13.8 Å². The molecule has 0 saturated heterocycles. The number of hydrogen-bond donors (Lipinski definition) is 1. The highest BCUT2D eigenvalue weighted by atomic mass is 32.2. The maximum atomic E-state index is 11.5. The van der Waals surface area contributed by atoms with Gasteiger partial charge >= 0.3 is 0 Å². The third kappa shape index (κ3) is 1.98. The summed E-state index contributed by atoms with van der Waals surface area (Å²) in [6, 6.07) is 0. The minimum atomic E-state index is -3.03. The third-order valence-electron chi connectivity index (χ3n) is 2.28. The minimum absolute atomic E-state index is 0.377. The van der Waals surface area contributed by atoms with Crippen LogP contribution in [0, 0.1) is 5.92 Å². The van der Waals surface area contributed by atoms with E-state index in [1.165, 1.54) is 0 Å². The van der Waals surface area contributed by atoms with Crippen LogP contribution in [0.5, 0.6) is 0 Å².